The summed E-state index contributed by atoms with van der Waals surface area (Å²) in [5.74, 6) is 1.02. The number of pyridine rings is 1. The second-order valence-corrected chi connectivity index (χ2v) is 6.10. The predicted octanol–water partition coefficient (Wildman–Crippen LogP) is -0.874. The Balaban J connectivity index is 1.74. The fraction of sp³-hybridized carbons (Fsp3) is 0.467. The van der Waals surface area contributed by atoms with Crippen molar-refractivity contribution in [2.45, 2.75) is 26.2 Å². The molecule has 0 saturated carbocycles. The molecule has 1 amide bonds. The highest BCUT2D eigenvalue weighted by atomic mass is 16.2. The van der Waals surface area contributed by atoms with Crippen LogP contribution in [-0.2, 0) is 31.0 Å². The zero-order valence-corrected chi connectivity index (χ0v) is 13.8. The van der Waals surface area contributed by atoms with Crippen molar-refractivity contribution in [3.05, 3.63) is 40.2 Å². The number of nitrogens with zero attached hydrogens (tertiary/aromatic N) is 6. The van der Waals surface area contributed by atoms with E-state index in [1.807, 2.05) is 12.1 Å². The number of likely N-dealkylation sites (N-methyl/N-ethyl adjacent to an activating group) is 1. The van der Waals surface area contributed by atoms with Gasteiger partial charge in [-0.15, -0.1) is 0 Å². The molecule has 0 unspecified atom stereocenters. The number of carbonyl (C=O) groups excluding carboxylic acids is 1. The highest BCUT2D eigenvalue weighted by molar-refractivity contribution is 5.75. The second kappa shape index (κ2) is 6.44. The van der Waals surface area contributed by atoms with E-state index in [1.165, 1.54) is 9.58 Å². The third kappa shape index (κ3) is 3.30. The molecule has 1 aliphatic rings. The van der Waals surface area contributed by atoms with E-state index < -0.39 is 0 Å². The van der Waals surface area contributed by atoms with Crippen LogP contribution in [0.5, 0.6) is 0 Å². The van der Waals surface area contributed by atoms with E-state index in [1.54, 1.807) is 24.9 Å². The number of carbonyl (C=O) groups is 1. The number of rotatable bonds is 4. The van der Waals surface area contributed by atoms with Gasteiger partial charge >= 0.3 is 5.69 Å². The van der Waals surface area contributed by atoms with Gasteiger partial charge in [-0.25, -0.2) is 14.5 Å². The Hall–Kier alpha value is -2.68. The molecule has 2 N–H and O–H groups in total. The third-order valence-electron chi connectivity index (χ3n) is 4.04. The van der Waals surface area contributed by atoms with Crippen LogP contribution in [0.2, 0.25) is 0 Å². The Morgan fingerprint density at radius 2 is 2.17 bits per heavy atom. The smallest absolute Gasteiger partial charge is 0.346 e. The molecule has 24 heavy (non-hydrogen) atoms. The molecule has 0 atom stereocenters. The van der Waals surface area contributed by atoms with Gasteiger partial charge in [-0.1, -0.05) is 0 Å². The lowest BCUT2D eigenvalue weighted by Crippen LogP contribution is -2.38. The molecule has 0 aliphatic carbocycles. The van der Waals surface area contributed by atoms with Crippen molar-refractivity contribution in [3.63, 3.8) is 0 Å². The topological polar surface area (TPSA) is 102 Å². The molecule has 128 valence electrons. The number of nitrogens with two attached hydrogens (primary N) is 1. The van der Waals surface area contributed by atoms with Gasteiger partial charge in [-0.05, 0) is 17.7 Å². The maximum Gasteiger partial charge on any atom is 0.346 e. The highest BCUT2D eigenvalue weighted by Gasteiger charge is 2.23. The molecular weight excluding hydrogens is 310 g/mol. The quantitative estimate of drug-likeness (QED) is 0.781. The van der Waals surface area contributed by atoms with Gasteiger partial charge in [0.1, 0.15) is 18.2 Å². The van der Waals surface area contributed by atoms with E-state index in [-0.39, 0.29) is 18.1 Å². The van der Waals surface area contributed by atoms with Crippen molar-refractivity contribution in [3.8, 4) is 0 Å². The summed E-state index contributed by atoms with van der Waals surface area (Å²) in [5, 5.41) is 4.32. The summed E-state index contributed by atoms with van der Waals surface area (Å²) in [4.78, 5) is 31.8. The second-order valence-electron chi connectivity index (χ2n) is 6.10. The third-order valence-corrected chi connectivity index (χ3v) is 4.04. The SMILES string of the molecule is CN(C)C(=O)Cn1nc2n(c1=O)CCN(Cc1ccnc(N)c1)C2. The molecule has 0 spiro atoms. The van der Waals surface area contributed by atoms with E-state index in [0.717, 1.165) is 12.1 Å². The lowest BCUT2D eigenvalue weighted by atomic mass is 10.2. The van der Waals surface area contributed by atoms with Gasteiger partial charge in [0.25, 0.3) is 0 Å². The van der Waals surface area contributed by atoms with Crippen LogP contribution in [0.4, 0.5) is 5.82 Å². The van der Waals surface area contributed by atoms with Crippen molar-refractivity contribution >= 4 is 11.7 Å². The first-order valence-electron chi connectivity index (χ1n) is 7.73. The van der Waals surface area contributed by atoms with Crippen LogP contribution in [0.3, 0.4) is 0 Å². The van der Waals surface area contributed by atoms with Gasteiger partial charge in [0.15, 0.2) is 0 Å². The van der Waals surface area contributed by atoms with E-state index in [0.29, 0.717) is 31.3 Å². The van der Waals surface area contributed by atoms with Crippen LogP contribution in [0.15, 0.2) is 23.1 Å². The Labute approximate surface area is 139 Å². The molecule has 3 rings (SSSR count). The van der Waals surface area contributed by atoms with Crippen LogP contribution in [0.1, 0.15) is 11.4 Å². The maximum atomic E-state index is 12.3. The molecule has 2 aromatic rings. The standard InChI is InChI=1S/C15H21N7O2/c1-19(2)14(23)10-22-15(24)21-6-5-20(9-13(21)18-22)8-11-3-4-17-12(16)7-11/h3-4,7H,5-6,8-10H2,1-2H3,(H2,16,17). The molecule has 0 saturated heterocycles. The van der Waals surface area contributed by atoms with Gasteiger partial charge in [0.2, 0.25) is 5.91 Å². The van der Waals surface area contributed by atoms with E-state index in [2.05, 4.69) is 15.0 Å². The van der Waals surface area contributed by atoms with Crippen molar-refractivity contribution in [2.24, 2.45) is 0 Å². The number of fused-ring (bicyclic) bond motifs is 1. The minimum absolute atomic E-state index is 0.0350. The predicted molar refractivity (Wildman–Crippen MR) is 87.9 cm³/mol. The lowest BCUT2D eigenvalue weighted by Gasteiger charge is -2.26. The van der Waals surface area contributed by atoms with Gasteiger partial charge in [-0.2, -0.15) is 5.10 Å². The summed E-state index contributed by atoms with van der Waals surface area (Å²) in [6.07, 6.45) is 1.69. The average Bonchev–Trinajstić information content (AvgIpc) is 2.83. The van der Waals surface area contributed by atoms with E-state index >= 15 is 0 Å². The van der Waals surface area contributed by atoms with Crippen LogP contribution < -0.4 is 11.4 Å². The molecule has 0 aromatic carbocycles. The first kappa shape index (κ1) is 16.2. The van der Waals surface area contributed by atoms with E-state index in [9.17, 15) is 9.59 Å². The first-order valence-corrected chi connectivity index (χ1v) is 7.73. The minimum Gasteiger partial charge on any atom is -0.384 e. The summed E-state index contributed by atoms with van der Waals surface area (Å²) >= 11 is 0. The normalized spacial score (nSPS) is 14.4. The zero-order valence-electron chi connectivity index (χ0n) is 13.8. The number of hydrogen-bond donors (Lipinski definition) is 1. The van der Waals surface area contributed by atoms with Crippen molar-refractivity contribution in [1.82, 2.24) is 29.1 Å². The molecule has 0 fully saturated rings. The first-order chi connectivity index (χ1) is 11.4. The average molecular weight is 331 g/mol. The number of amides is 1. The minimum atomic E-state index is -0.229. The fourth-order valence-corrected chi connectivity index (χ4v) is 2.71. The van der Waals surface area contributed by atoms with Gasteiger partial charge in [0, 0.05) is 39.9 Å². The Morgan fingerprint density at radius 3 is 2.88 bits per heavy atom. The lowest BCUT2D eigenvalue weighted by molar-refractivity contribution is -0.129. The molecule has 9 heteroatoms. The molecule has 2 aromatic heterocycles. The summed E-state index contributed by atoms with van der Waals surface area (Å²) in [6.45, 7) is 2.53. The summed E-state index contributed by atoms with van der Waals surface area (Å²) in [6, 6.07) is 3.77. The zero-order chi connectivity index (χ0) is 17.3. The Morgan fingerprint density at radius 1 is 1.38 bits per heavy atom. The molecule has 0 bridgehead atoms. The van der Waals surface area contributed by atoms with Gasteiger partial charge < -0.3 is 10.6 Å². The van der Waals surface area contributed by atoms with Crippen LogP contribution >= 0.6 is 0 Å². The number of hydrogen-bond acceptors (Lipinski definition) is 6. The number of anilines is 1. The van der Waals surface area contributed by atoms with E-state index in [4.69, 9.17) is 5.73 Å². The van der Waals surface area contributed by atoms with Crippen LogP contribution in [0.25, 0.3) is 0 Å². The monoisotopic (exact) mass is 331 g/mol. The Kier molecular flexibility index (Phi) is 4.34. The summed E-state index contributed by atoms with van der Waals surface area (Å²) < 4.78 is 2.88. The van der Waals surface area contributed by atoms with Crippen LogP contribution in [0, 0.1) is 0 Å². The maximum absolute atomic E-state index is 12.3. The molecule has 1 aliphatic heterocycles. The fourth-order valence-electron chi connectivity index (χ4n) is 2.71. The Bertz CT molecular complexity index is 808. The highest BCUT2D eigenvalue weighted by Crippen LogP contribution is 2.13. The molecular formula is C15H21N7O2. The van der Waals surface area contributed by atoms with Crippen molar-refractivity contribution in [1.29, 1.82) is 0 Å². The van der Waals surface area contributed by atoms with Gasteiger partial charge in [0.05, 0.1) is 6.54 Å². The summed E-state index contributed by atoms with van der Waals surface area (Å²) in [5.41, 5.74) is 6.55. The largest absolute Gasteiger partial charge is 0.384 e. The van der Waals surface area contributed by atoms with Crippen molar-refractivity contribution in [2.75, 3.05) is 26.4 Å². The molecule has 3 heterocycles. The summed E-state index contributed by atoms with van der Waals surface area (Å²) in [7, 11) is 3.32. The number of aromatic nitrogens is 4. The van der Waals surface area contributed by atoms with Gasteiger partial charge in [-0.3, -0.25) is 14.3 Å². The molecule has 0 radical (unpaired) electrons. The van der Waals surface area contributed by atoms with Crippen LogP contribution in [-0.4, -0.2) is 55.7 Å². The molecule has 9 nitrogen and oxygen atoms in total. The number of nitrogen functional groups attached to an aromatic ring is 1. The van der Waals surface area contributed by atoms with Crippen molar-refractivity contribution < 1.29 is 4.79 Å².